The summed E-state index contributed by atoms with van der Waals surface area (Å²) < 4.78 is 5.15. The van der Waals surface area contributed by atoms with Crippen LogP contribution < -0.4 is 10.1 Å². The van der Waals surface area contributed by atoms with Crippen LogP contribution in [0.5, 0.6) is 5.75 Å². The summed E-state index contributed by atoms with van der Waals surface area (Å²) in [6.07, 6.45) is 2.91. The first-order chi connectivity index (χ1) is 11.8. The molecule has 0 aliphatic carbocycles. The first-order valence-electron chi connectivity index (χ1n) is 8.43. The van der Waals surface area contributed by atoms with Crippen LogP contribution in [0.25, 0.3) is 0 Å². The summed E-state index contributed by atoms with van der Waals surface area (Å²) in [4.78, 5) is 16.1. The molecule has 1 N–H and O–H groups in total. The van der Waals surface area contributed by atoms with Crippen molar-refractivity contribution in [2.45, 2.75) is 25.3 Å². The number of thiophene rings is 1. The van der Waals surface area contributed by atoms with E-state index in [2.05, 4.69) is 27.7 Å². The van der Waals surface area contributed by atoms with Gasteiger partial charge in [-0.2, -0.15) is 0 Å². The minimum Gasteiger partial charge on any atom is -0.497 e. The van der Waals surface area contributed by atoms with Crippen molar-refractivity contribution in [3.8, 4) is 5.75 Å². The number of carbonyl (C=O) groups is 1. The number of benzene rings is 1. The molecular weight excluding hydrogens is 320 g/mol. The Morgan fingerprint density at radius 3 is 2.62 bits per heavy atom. The summed E-state index contributed by atoms with van der Waals surface area (Å²) in [7, 11) is 1.64. The van der Waals surface area contributed by atoms with E-state index in [1.807, 2.05) is 24.3 Å². The van der Waals surface area contributed by atoms with Crippen molar-refractivity contribution in [1.29, 1.82) is 0 Å². The summed E-state index contributed by atoms with van der Waals surface area (Å²) in [5.74, 6) is 0.881. The van der Waals surface area contributed by atoms with Crippen LogP contribution in [0.15, 0.2) is 41.8 Å². The summed E-state index contributed by atoms with van der Waals surface area (Å²) >= 11 is 1.77. The van der Waals surface area contributed by atoms with E-state index in [1.165, 1.54) is 17.7 Å². The molecule has 1 amide bonds. The monoisotopic (exact) mass is 344 g/mol. The fraction of sp³-hybridized carbons (Fsp3) is 0.421. The Kier molecular flexibility index (Phi) is 5.88. The van der Waals surface area contributed by atoms with Gasteiger partial charge in [-0.15, -0.1) is 11.3 Å². The SMILES string of the molecule is COc1ccc(CC(=O)NC[C@@H](c2cccs2)N2CCCC2)cc1. The third-order valence-electron chi connectivity index (χ3n) is 4.47. The molecule has 1 aliphatic rings. The van der Waals surface area contributed by atoms with Gasteiger partial charge < -0.3 is 10.1 Å². The number of nitrogens with one attached hydrogen (secondary N) is 1. The van der Waals surface area contributed by atoms with Crippen molar-refractivity contribution < 1.29 is 9.53 Å². The highest BCUT2D eigenvalue weighted by atomic mass is 32.1. The zero-order valence-electron chi connectivity index (χ0n) is 14.0. The minimum atomic E-state index is 0.0703. The van der Waals surface area contributed by atoms with E-state index in [0.29, 0.717) is 19.0 Å². The van der Waals surface area contributed by atoms with E-state index in [9.17, 15) is 4.79 Å². The number of hydrogen-bond donors (Lipinski definition) is 1. The van der Waals surface area contributed by atoms with E-state index in [4.69, 9.17) is 4.74 Å². The molecule has 1 aromatic heterocycles. The number of rotatable bonds is 7. The summed E-state index contributed by atoms with van der Waals surface area (Å²) in [5, 5.41) is 5.23. The number of likely N-dealkylation sites (tertiary alicyclic amines) is 1. The molecule has 0 unspecified atom stereocenters. The van der Waals surface area contributed by atoms with Crippen LogP contribution in [0.3, 0.4) is 0 Å². The maximum absolute atomic E-state index is 12.3. The second-order valence-corrected chi connectivity index (χ2v) is 7.08. The van der Waals surface area contributed by atoms with Crippen LogP contribution in [0.4, 0.5) is 0 Å². The van der Waals surface area contributed by atoms with Crippen LogP contribution in [-0.4, -0.2) is 37.6 Å². The Balaban J connectivity index is 1.56. The van der Waals surface area contributed by atoms with Crippen LogP contribution >= 0.6 is 11.3 Å². The van der Waals surface area contributed by atoms with E-state index in [-0.39, 0.29) is 5.91 Å². The molecule has 0 saturated carbocycles. The standard InChI is InChI=1S/C19H24N2O2S/c1-23-16-8-6-15(7-9-16)13-19(22)20-14-17(18-5-4-12-24-18)21-10-2-3-11-21/h4-9,12,17H,2-3,10-11,13-14H2,1H3,(H,20,22)/t17-/m0/s1. The normalized spacial score (nSPS) is 16.0. The molecule has 1 aliphatic heterocycles. The minimum absolute atomic E-state index is 0.0703. The van der Waals surface area contributed by atoms with Crippen molar-refractivity contribution >= 4 is 17.2 Å². The Morgan fingerprint density at radius 2 is 2.00 bits per heavy atom. The molecule has 3 rings (SSSR count). The third kappa shape index (κ3) is 4.36. The van der Waals surface area contributed by atoms with Gasteiger partial charge in [0.1, 0.15) is 5.75 Å². The lowest BCUT2D eigenvalue weighted by Crippen LogP contribution is -2.37. The van der Waals surface area contributed by atoms with Gasteiger partial charge in [-0.3, -0.25) is 9.69 Å². The molecular formula is C19H24N2O2S. The zero-order chi connectivity index (χ0) is 16.8. The fourth-order valence-electron chi connectivity index (χ4n) is 3.15. The first-order valence-corrected chi connectivity index (χ1v) is 9.31. The van der Waals surface area contributed by atoms with Gasteiger partial charge in [0.25, 0.3) is 0 Å². The molecule has 2 aromatic rings. The molecule has 24 heavy (non-hydrogen) atoms. The fourth-order valence-corrected chi connectivity index (χ4v) is 4.01. The number of methoxy groups -OCH3 is 1. The van der Waals surface area contributed by atoms with Crippen LogP contribution in [0.1, 0.15) is 29.3 Å². The van der Waals surface area contributed by atoms with Crippen molar-refractivity contribution in [2.24, 2.45) is 0 Å². The van der Waals surface area contributed by atoms with Gasteiger partial charge in [0, 0.05) is 11.4 Å². The molecule has 0 bridgehead atoms. The summed E-state index contributed by atoms with van der Waals surface area (Å²) in [6.45, 7) is 2.92. The van der Waals surface area contributed by atoms with Gasteiger partial charge in [-0.05, 0) is 55.1 Å². The Bertz CT molecular complexity index is 634. The zero-order valence-corrected chi connectivity index (χ0v) is 14.8. The second kappa shape index (κ2) is 8.31. The van der Waals surface area contributed by atoms with Gasteiger partial charge in [0.15, 0.2) is 0 Å². The lowest BCUT2D eigenvalue weighted by molar-refractivity contribution is -0.120. The molecule has 1 atom stereocenters. The number of amides is 1. The highest BCUT2D eigenvalue weighted by Gasteiger charge is 2.24. The van der Waals surface area contributed by atoms with E-state index < -0.39 is 0 Å². The smallest absolute Gasteiger partial charge is 0.224 e. The average Bonchev–Trinajstić information content (AvgIpc) is 3.30. The Labute approximate surface area is 147 Å². The van der Waals surface area contributed by atoms with Crippen molar-refractivity contribution in [1.82, 2.24) is 10.2 Å². The van der Waals surface area contributed by atoms with E-state index >= 15 is 0 Å². The first kappa shape index (κ1) is 17.0. The number of carbonyl (C=O) groups excluding carboxylic acids is 1. The molecule has 128 valence electrons. The van der Waals surface area contributed by atoms with Crippen LogP contribution in [0, 0.1) is 0 Å². The summed E-state index contributed by atoms with van der Waals surface area (Å²) in [5.41, 5.74) is 1.00. The lowest BCUT2D eigenvalue weighted by atomic mass is 10.1. The molecule has 1 saturated heterocycles. The van der Waals surface area contributed by atoms with Crippen molar-refractivity contribution in [3.63, 3.8) is 0 Å². The third-order valence-corrected chi connectivity index (χ3v) is 5.44. The molecule has 1 fully saturated rings. The van der Waals surface area contributed by atoms with E-state index in [1.54, 1.807) is 18.4 Å². The number of hydrogen-bond acceptors (Lipinski definition) is 4. The van der Waals surface area contributed by atoms with Crippen molar-refractivity contribution in [3.05, 3.63) is 52.2 Å². The molecule has 0 radical (unpaired) electrons. The molecule has 2 heterocycles. The van der Waals surface area contributed by atoms with Gasteiger partial charge in [-0.25, -0.2) is 0 Å². The van der Waals surface area contributed by atoms with Crippen LogP contribution in [-0.2, 0) is 11.2 Å². The Hall–Kier alpha value is -1.85. The van der Waals surface area contributed by atoms with Crippen LogP contribution in [0.2, 0.25) is 0 Å². The molecule has 1 aromatic carbocycles. The highest BCUT2D eigenvalue weighted by Crippen LogP contribution is 2.27. The van der Waals surface area contributed by atoms with Gasteiger partial charge in [-0.1, -0.05) is 18.2 Å². The maximum atomic E-state index is 12.3. The summed E-state index contributed by atoms with van der Waals surface area (Å²) in [6, 6.07) is 12.2. The second-order valence-electron chi connectivity index (χ2n) is 6.10. The average molecular weight is 344 g/mol. The Morgan fingerprint density at radius 1 is 1.25 bits per heavy atom. The topological polar surface area (TPSA) is 41.6 Å². The molecule has 0 spiro atoms. The van der Waals surface area contributed by atoms with Gasteiger partial charge in [0.05, 0.1) is 19.6 Å². The predicted octanol–water partition coefficient (Wildman–Crippen LogP) is 3.25. The highest BCUT2D eigenvalue weighted by molar-refractivity contribution is 7.10. The molecule has 4 nitrogen and oxygen atoms in total. The quantitative estimate of drug-likeness (QED) is 0.838. The van der Waals surface area contributed by atoms with Gasteiger partial charge >= 0.3 is 0 Å². The van der Waals surface area contributed by atoms with Crippen molar-refractivity contribution in [2.75, 3.05) is 26.7 Å². The van der Waals surface area contributed by atoms with Gasteiger partial charge in [0.2, 0.25) is 5.91 Å². The van der Waals surface area contributed by atoms with E-state index in [0.717, 1.165) is 24.4 Å². The predicted molar refractivity (Wildman–Crippen MR) is 97.6 cm³/mol. The maximum Gasteiger partial charge on any atom is 0.224 e. The largest absolute Gasteiger partial charge is 0.497 e. The molecule has 5 heteroatoms. The number of ether oxygens (including phenoxy) is 1. The lowest BCUT2D eigenvalue weighted by Gasteiger charge is -2.27. The number of nitrogens with zero attached hydrogens (tertiary/aromatic N) is 1.